The number of anilines is 1. The average Bonchev–Trinajstić information content (AvgIpc) is 3.04. The van der Waals surface area contributed by atoms with E-state index in [2.05, 4.69) is 17.1 Å². The smallest absolute Gasteiger partial charge is 0.251 e. The summed E-state index contributed by atoms with van der Waals surface area (Å²) in [5, 5.41) is 3.58. The number of nitrogens with one attached hydrogen (secondary N) is 1. The van der Waals surface area contributed by atoms with Gasteiger partial charge in [0, 0.05) is 4.88 Å². The largest absolute Gasteiger partial charge is 0.365 e. The number of likely N-dealkylation sites (tertiary alicyclic amines) is 1. The van der Waals surface area contributed by atoms with Crippen molar-refractivity contribution in [1.29, 1.82) is 0 Å². The van der Waals surface area contributed by atoms with E-state index in [9.17, 15) is 9.59 Å². The normalized spacial score (nSPS) is 21.6. The maximum Gasteiger partial charge on any atom is 0.251 e. The highest BCUT2D eigenvalue weighted by atomic mass is 32.1. The molecule has 22 heavy (non-hydrogen) atoms. The minimum Gasteiger partial charge on any atom is -0.365 e. The highest BCUT2D eigenvalue weighted by Crippen LogP contribution is 2.39. The number of rotatable bonds is 4. The number of nitrogens with zero attached hydrogens (tertiary/aromatic N) is 1. The zero-order valence-corrected chi connectivity index (χ0v) is 13.8. The first-order chi connectivity index (χ1) is 10.5. The molecule has 120 valence electrons. The van der Waals surface area contributed by atoms with Crippen LogP contribution in [0.5, 0.6) is 0 Å². The standard InChI is InChI=1S/C16H23N3O2S/c1-10-4-5-11-12(8-10)22-16(14(11)15(17)21)18-13(20)9-19-6-2-3-7-19/h10H,2-9H2,1H3,(H2,17,21)(H,18,20)/t10-/m1/s1. The molecule has 1 aromatic heterocycles. The van der Waals surface area contributed by atoms with Crippen LogP contribution < -0.4 is 11.1 Å². The Morgan fingerprint density at radius 2 is 2.09 bits per heavy atom. The number of amides is 2. The molecule has 1 aromatic rings. The molecule has 2 aliphatic rings. The summed E-state index contributed by atoms with van der Waals surface area (Å²) in [5.74, 6) is 0.152. The zero-order chi connectivity index (χ0) is 15.7. The number of hydrogen-bond donors (Lipinski definition) is 2. The lowest BCUT2D eigenvalue weighted by Crippen LogP contribution is -2.31. The van der Waals surface area contributed by atoms with Crippen molar-refractivity contribution in [3.63, 3.8) is 0 Å². The lowest BCUT2D eigenvalue weighted by molar-refractivity contribution is -0.117. The van der Waals surface area contributed by atoms with Gasteiger partial charge in [-0.15, -0.1) is 11.3 Å². The van der Waals surface area contributed by atoms with E-state index in [1.807, 2.05) is 0 Å². The second kappa shape index (κ2) is 6.38. The summed E-state index contributed by atoms with van der Waals surface area (Å²) in [5.41, 5.74) is 7.17. The number of primary amides is 1. The summed E-state index contributed by atoms with van der Waals surface area (Å²) in [6, 6.07) is 0. The monoisotopic (exact) mass is 321 g/mol. The van der Waals surface area contributed by atoms with Gasteiger partial charge in [0.15, 0.2) is 0 Å². The van der Waals surface area contributed by atoms with E-state index in [1.54, 1.807) is 0 Å². The van der Waals surface area contributed by atoms with Crippen LogP contribution >= 0.6 is 11.3 Å². The van der Waals surface area contributed by atoms with Crippen molar-refractivity contribution < 1.29 is 9.59 Å². The SMILES string of the molecule is C[C@@H]1CCc2c(sc(NC(=O)CN3CCCC3)c2C(N)=O)C1. The van der Waals surface area contributed by atoms with Crippen molar-refractivity contribution in [2.24, 2.45) is 11.7 Å². The molecule has 1 fully saturated rings. The molecule has 6 heteroatoms. The van der Waals surface area contributed by atoms with Gasteiger partial charge in [-0.2, -0.15) is 0 Å². The molecule has 1 aliphatic heterocycles. The van der Waals surface area contributed by atoms with Crippen LogP contribution in [0, 0.1) is 5.92 Å². The average molecular weight is 321 g/mol. The number of thiophene rings is 1. The van der Waals surface area contributed by atoms with Crippen LogP contribution in [-0.2, 0) is 17.6 Å². The van der Waals surface area contributed by atoms with Gasteiger partial charge in [0.1, 0.15) is 5.00 Å². The van der Waals surface area contributed by atoms with Crippen molar-refractivity contribution in [2.75, 3.05) is 25.0 Å². The van der Waals surface area contributed by atoms with Gasteiger partial charge in [-0.25, -0.2) is 0 Å². The Balaban J connectivity index is 1.77. The first-order valence-electron chi connectivity index (χ1n) is 8.01. The molecule has 0 bridgehead atoms. The minimum atomic E-state index is -0.427. The van der Waals surface area contributed by atoms with Crippen LogP contribution in [0.1, 0.15) is 47.0 Å². The minimum absolute atomic E-state index is 0.0453. The van der Waals surface area contributed by atoms with E-state index >= 15 is 0 Å². The molecule has 2 heterocycles. The van der Waals surface area contributed by atoms with Gasteiger partial charge in [-0.1, -0.05) is 6.92 Å². The predicted molar refractivity (Wildman–Crippen MR) is 88.3 cm³/mol. The Kier molecular flexibility index (Phi) is 4.49. The van der Waals surface area contributed by atoms with Crippen molar-refractivity contribution in [1.82, 2.24) is 4.90 Å². The first kappa shape index (κ1) is 15.5. The Bertz CT molecular complexity index is 590. The van der Waals surface area contributed by atoms with Crippen LogP contribution in [0.4, 0.5) is 5.00 Å². The van der Waals surface area contributed by atoms with Crippen molar-refractivity contribution >= 4 is 28.2 Å². The quantitative estimate of drug-likeness (QED) is 0.890. The van der Waals surface area contributed by atoms with E-state index in [-0.39, 0.29) is 5.91 Å². The van der Waals surface area contributed by atoms with Crippen LogP contribution in [-0.4, -0.2) is 36.3 Å². The number of fused-ring (bicyclic) bond motifs is 1. The molecule has 1 aliphatic carbocycles. The molecule has 0 saturated carbocycles. The summed E-state index contributed by atoms with van der Waals surface area (Å²) in [6.07, 6.45) is 5.25. The summed E-state index contributed by atoms with van der Waals surface area (Å²) in [7, 11) is 0. The van der Waals surface area contributed by atoms with Crippen molar-refractivity contribution in [3.05, 3.63) is 16.0 Å². The third-order valence-electron chi connectivity index (χ3n) is 4.58. The summed E-state index contributed by atoms with van der Waals surface area (Å²) in [4.78, 5) is 27.4. The fourth-order valence-corrected chi connectivity index (χ4v) is 4.84. The molecule has 3 N–H and O–H groups in total. The Morgan fingerprint density at radius 3 is 2.77 bits per heavy atom. The lowest BCUT2D eigenvalue weighted by atomic mass is 9.88. The van der Waals surface area contributed by atoms with Gasteiger partial charge < -0.3 is 11.1 Å². The van der Waals surface area contributed by atoms with E-state index in [0.717, 1.165) is 50.8 Å². The molecular formula is C16H23N3O2S. The third kappa shape index (κ3) is 3.17. The van der Waals surface area contributed by atoms with E-state index in [1.165, 1.54) is 16.2 Å². The molecule has 1 atom stereocenters. The molecule has 2 amide bonds. The first-order valence-corrected chi connectivity index (χ1v) is 8.82. The Labute approximate surface area is 134 Å². The summed E-state index contributed by atoms with van der Waals surface area (Å²) >= 11 is 1.53. The molecule has 3 rings (SSSR count). The highest BCUT2D eigenvalue weighted by Gasteiger charge is 2.27. The van der Waals surface area contributed by atoms with Gasteiger partial charge in [-0.05, 0) is 56.7 Å². The third-order valence-corrected chi connectivity index (χ3v) is 5.75. The second-order valence-corrected chi connectivity index (χ2v) is 7.56. The summed E-state index contributed by atoms with van der Waals surface area (Å²) in [6.45, 7) is 4.58. The van der Waals surface area contributed by atoms with Crippen LogP contribution in [0.25, 0.3) is 0 Å². The Morgan fingerprint density at radius 1 is 1.36 bits per heavy atom. The van der Waals surface area contributed by atoms with Gasteiger partial charge in [-0.3, -0.25) is 14.5 Å². The lowest BCUT2D eigenvalue weighted by Gasteiger charge is -2.18. The number of hydrogen-bond acceptors (Lipinski definition) is 4. The van der Waals surface area contributed by atoms with Crippen LogP contribution in [0.15, 0.2) is 0 Å². The molecule has 5 nitrogen and oxygen atoms in total. The topological polar surface area (TPSA) is 75.4 Å². The molecular weight excluding hydrogens is 298 g/mol. The Hall–Kier alpha value is -1.40. The summed E-state index contributed by atoms with van der Waals surface area (Å²) < 4.78 is 0. The maximum atomic E-state index is 12.2. The molecule has 0 spiro atoms. The van der Waals surface area contributed by atoms with Gasteiger partial charge in [0.25, 0.3) is 5.91 Å². The van der Waals surface area contributed by atoms with E-state index < -0.39 is 5.91 Å². The highest BCUT2D eigenvalue weighted by molar-refractivity contribution is 7.17. The number of carbonyl (C=O) groups excluding carboxylic acids is 2. The fourth-order valence-electron chi connectivity index (χ4n) is 3.41. The molecule has 0 unspecified atom stereocenters. The molecule has 1 saturated heterocycles. The maximum absolute atomic E-state index is 12.2. The van der Waals surface area contributed by atoms with Crippen molar-refractivity contribution in [2.45, 2.75) is 39.0 Å². The fraction of sp³-hybridized carbons (Fsp3) is 0.625. The van der Waals surface area contributed by atoms with Gasteiger partial charge in [0.2, 0.25) is 5.91 Å². The van der Waals surface area contributed by atoms with Crippen molar-refractivity contribution in [3.8, 4) is 0 Å². The van der Waals surface area contributed by atoms with Crippen LogP contribution in [0.2, 0.25) is 0 Å². The van der Waals surface area contributed by atoms with E-state index in [0.29, 0.717) is 23.0 Å². The van der Waals surface area contributed by atoms with Gasteiger partial charge in [0.05, 0.1) is 12.1 Å². The zero-order valence-electron chi connectivity index (χ0n) is 13.0. The van der Waals surface area contributed by atoms with E-state index in [4.69, 9.17) is 5.73 Å². The second-order valence-electron chi connectivity index (χ2n) is 6.45. The number of nitrogens with two attached hydrogens (primary N) is 1. The number of carbonyl (C=O) groups is 2. The predicted octanol–water partition coefficient (Wildman–Crippen LogP) is 2.01. The molecule has 0 aromatic carbocycles. The van der Waals surface area contributed by atoms with Gasteiger partial charge >= 0.3 is 0 Å². The molecule has 0 radical (unpaired) electrons. The van der Waals surface area contributed by atoms with Crippen LogP contribution in [0.3, 0.4) is 0 Å².